The standard InChI is InChI=1S/C23H33N5O2S/c1-24-23(26-16-19-8-10-21(11-9-19)18-31(29,30)25-2)27-22-12-14-28(15-13-22)17-20-6-4-3-5-7-20/h3-11,22,25H,12-18H2,1-2H3,(H2,24,26,27). The number of likely N-dealkylation sites (tertiary alicyclic amines) is 1. The molecule has 0 aromatic heterocycles. The number of hydrogen-bond donors (Lipinski definition) is 3. The summed E-state index contributed by atoms with van der Waals surface area (Å²) in [6.07, 6.45) is 2.17. The first-order valence-electron chi connectivity index (χ1n) is 10.7. The largest absolute Gasteiger partial charge is 0.354 e. The van der Waals surface area contributed by atoms with Crippen molar-refractivity contribution in [2.45, 2.75) is 37.7 Å². The van der Waals surface area contributed by atoms with Crippen molar-refractivity contribution in [1.29, 1.82) is 0 Å². The van der Waals surface area contributed by atoms with Crippen LogP contribution in [0, 0.1) is 0 Å². The number of nitrogens with zero attached hydrogens (tertiary/aromatic N) is 2. The zero-order valence-electron chi connectivity index (χ0n) is 18.3. The minimum atomic E-state index is -3.25. The van der Waals surface area contributed by atoms with Crippen LogP contribution in [0.1, 0.15) is 29.5 Å². The zero-order valence-corrected chi connectivity index (χ0v) is 19.2. The van der Waals surface area contributed by atoms with Gasteiger partial charge in [-0.1, -0.05) is 54.6 Å². The Kier molecular flexibility index (Phi) is 8.45. The molecule has 8 heteroatoms. The predicted octanol–water partition coefficient (Wildman–Crippen LogP) is 2.07. The van der Waals surface area contributed by atoms with E-state index in [0.29, 0.717) is 12.6 Å². The normalized spacial score (nSPS) is 16.3. The van der Waals surface area contributed by atoms with E-state index in [1.165, 1.54) is 12.6 Å². The highest BCUT2D eigenvalue weighted by Gasteiger charge is 2.20. The molecule has 1 heterocycles. The van der Waals surface area contributed by atoms with Crippen LogP contribution in [0.5, 0.6) is 0 Å². The van der Waals surface area contributed by atoms with E-state index in [0.717, 1.165) is 49.6 Å². The lowest BCUT2D eigenvalue weighted by Crippen LogP contribution is -2.48. The summed E-state index contributed by atoms with van der Waals surface area (Å²) >= 11 is 0. The van der Waals surface area contributed by atoms with Crippen LogP contribution in [0.3, 0.4) is 0 Å². The maximum atomic E-state index is 11.7. The molecule has 0 radical (unpaired) electrons. The van der Waals surface area contributed by atoms with Crippen molar-refractivity contribution < 1.29 is 8.42 Å². The van der Waals surface area contributed by atoms with Crippen LogP contribution in [0.15, 0.2) is 59.6 Å². The summed E-state index contributed by atoms with van der Waals surface area (Å²) < 4.78 is 25.7. The summed E-state index contributed by atoms with van der Waals surface area (Å²) in [5.74, 6) is 0.784. The van der Waals surface area contributed by atoms with Gasteiger partial charge in [-0.15, -0.1) is 0 Å². The molecule has 0 unspecified atom stereocenters. The van der Waals surface area contributed by atoms with Gasteiger partial charge in [-0.05, 0) is 36.6 Å². The topological polar surface area (TPSA) is 85.8 Å². The van der Waals surface area contributed by atoms with Crippen molar-refractivity contribution in [2.24, 2.45) is 4.99 Å². The van der Waals surface area contributed by atoms with Crippen LogP contribution in [-0.2, 0) is 28.9 Å². The molecule has 1 aliphatic heterocycles. The Balaban J connectivity index is 1.42. The second kappa shape index (κ2) is 11.3. The summed E-state index contributed by atoms with van der Waals surface area (Å²) in [5.41, 5.74) is 3.20. The zero-order chi connectivity index (χ0) is 22.1. The molecule has 1 fully saturated rings. The molecule has 2 aromatic rings. The van der Waals surface area contributed by atoms with Gasteiger partial charge in [0.2, 0.25) is 10.0 Å². The second-order valence-electron chi connectivity index (χ2n) is 7.89. The molecule has 2 aromatic carbocycles. The molecular formula is C23H33N5O2S. The Morgan fingerprint density at radius 2 is 1.65 bits per heavy atom. The van der Waals surface area contributed by atoms with Crippen LogP contribution in [0.2, 0.25) is 0 Å². The number of nitrogens with one attached hydrogen (secondary N) is 3. The number of aliphatic imine (C=N–C) groups is 1. The number of piperidine rings is 1. The van der Waals surface area contributed by atoms with E-state index in [4.69, 9.17) is 0 Å². The Labute approximate surface area is 186 Å². The summed E-state index contributed by atoms with van der Waals surface area (Å²) in [6.45, 7) is 3.78. The summed E-state index contributed by atoms with van der Waals surface area (Å²) in [5, 5.41) is 6.89. The van der Waals surface area contributed by atoms with Gasteiger partial charge in [0.25, 0.3) is 0 Å². The Morgan fingerprint density at radius 1 is 1.00 bits per heavy atom. The van der Waals surface area contributed by atoms with Gasteiger partial charge in [0.15, 0.2) is 5.96 Å². The van der Waals surface area contributed by atoms with Crippen molar-refractivity contribution in [3.05, 3.63) is 71.3 Å². The average Bonchev–Trinajstić information content (AvgIpc) is 2.79. The minimum Gasteiger partial charge on any atom is -0.354 e. The van der Waals surface area contributed by atoms with Crippen LogP contribution in [-0.4, -0.2) is 52.5 Å². The first kappa shape index (κ1) is 23.2. The van der Waals surface area contributed by atoms with Gasteiger partial charge >= 0.3 is 0 Å². The fourth-order valence-electron chi connectivity index (χ4n) is 3.70. The molecule has 3 N–H and O–H groups in total. The third-order valence-corrected chi connectivity index (χ3v) is 6.89. The van der Waals surface area contributed by atoms with Crippen LogP contribution in [0.25, 0.3) is 0 Å². The lowest BCUT2D eigenvalue weighted by molar-refractivity contribution is 0.198. The third kappa shape index (κ3) is 7.65. The van der Waals surface area contributed by atoms with Crippen molar-refractivity contribution in [1.82, 2.24) is 20.3 Å². The molecule has 0 saturated carbocycles. The maximum absolute atomic E-state index is 11.7. The Morgan fingerprint density at radius 3 is 2.26 bits per heavy atom. The molecular weight excluding hydrogens is 410 g/mol. The number of rotatable bonds is 8. The maximum Gasteiger partial charge on any atom is 0.215 e. The average molecular weight is 444 g/mol. The van der Waals surface area contributed by atoms with Crippen LogP contribution < -0.4 is 15.4 Å². The van der Waals surface area contributed by atoms with Gasteiger partial charge in [0.05, 0.1) is 5.75 Å². The number of sulfonamides is 1. The van der Waals surface area contributed by atoms with Gasteiger partial charge < -0.3 is 10.6 Å². The van der Waals surface area contributed by atoms with E-state index in [1.807, 2.05) is 24.3 Å². The molecule has 7 nitrogen and oxygen atoms in total. The van der Waals surface area contributed by atoms with E-state index < -0.39 is 10.0 Å². The highest BCUT2D eigenvalue weighted by atomic mass is 32.2. The summed E-state index contributed by atoms with van der Waals surface area (Å²) in [7, 11) is -0.0383. The van der Waals surface area contributed by atoms with Gasteiger partial charge in [0.1, 0.15) is 0 Å². The molecule has 0 spiro atoms. The summed E-state index contributed by atoms with van der Waals surface area (Å²) in [6, 6.07) is 18.6. The predicted molar refractivity (Wildman–Crippen MR) is 126 cm³/mol. The molecule has 0 amide bonds. The Bertz CT molecular complexity index is 938. The van der Waals surface area contributed by atoms with Crippen molar-refractivity contribution >= 4 is 16.0 Å². The molecule has 31 heavy (non-hydrogen) atoms. The quantitative estimate of drug-likeness (QED) is 0.430. The first-order valence-corrected chi connectivity index (χ1v) is 12.3. The highest BCUT2D eigenvalue weighted by Crippen LogP contribution is 2.14. The van der Waals surface area contributed by atoms with E-state index in [2.05, 4.69) is 55.6 Å². The van der Waals surface area contributed by atoms with Crippen molar-refractivity contribution in [2.75, 3.05) is 27.2 Å². The molecule has 168 valence electrons. The summed E-state index contributed by atoms with van der Waals surface area (Å²) in [4.78, 5) is 6.85. The van der Waals surface area contributed by atoms with E-state index in [1.54, 1.807) is 7.05 Å². The highest BCUT2D eigenvalue weighted by molar-refractivity contribution is 7.88. The SMILES string of the molecule is CN=C(NCc1ccc(CS(=O)(=O)NC)cc1)NC1CCN(Cc2ccccc2)CC1. The lowest BCUT2D eigenvalue weighted by atomic mass is 10.0. The monoisotopic (exact) mass is 443 g/mol. The molecule has 1 saturated heterocycles. The van der Waals surface area contributed by atoms with E-state index >= 15 is 0 Å². The van der Waals surface area contributed by atoms with E-state index in [9.17, 15) is 8.42 Å². The third-order valence-electron chi connectivity index (χ3n) is 5.55. The fourth-order valence-corrected chi connectivity index (χ4v) is 4.47. The van der Waals surface area contributed by atoms with Crippen LogP contribution in [0.4, 0.5) is 0 Å². The molecule has 0 atom stereocenters. The molecule has 1 aliphatic rings. The Hall–Kier alpha value is -2.42. The molecule has 3 rings (SSSR count). The molecule has 0 bridgehead atoms. The van der Waals surface area contributed by atoms with Crippen LogP contribution >= 0.6 is 0 Å². The van der Waals surface area contributed by atoms with Crippen molar-refractivity contribution in [3.8, 4) is 0 Å². The van der Waals surface area contributed by atoms with E-state index in [-0.39, 0.29) is 5.75 Å². The van der Waals surface area contributed by atoms with Gasteiger partial charge in [-0.2, -0.15) is 0 Å². The number of hydrogen-bond acceptors (Lipinski definition) is 4. The number of benzene rings is 2. The molecule has 0 aliphatic carbocycles. The van der Waals surface area contributed by atoms with Gasteiger partial charge in [-0.25, -0.2) is 13.1 Å². The van der Waals surface area contributed by atoms with Gasteiger partial charge in [0, 0.05) is 39.3 Å². The fraction of sp³-hybridized carbons (Fsp3) is 0.435. The number of guanidine groups is 1. The minimum absolute atomic E-state index is 0.0105. The smallest absolute Gasteiger partial charge is 0.215 e. The lowest BCUT2D eigenvalue weighted by Gasteiger charge is -2.33. The van der Waals surface area contributed by atoms with Gasteiger partial charge in [-0.3, -0.25) is 9.89 Å². The first-order chi connectivity index (χ1) is 15.0. The van der Waals surface area contributed by atoms with Crippen molar-refractivity contribution in [3.63, 3.8) is 0 Å². The second-order valence-corrected chi connectivity index (χ2v) is 9.81.